The average molecular weight is 515 g/mol. The van der Waals surface area contributed by atoms with Gasteiger partial charge in [-0.1, -0.05) is 66.7 Å². The third-order valence-corrected chi connectivity index (χ3v) is 6.56. The molecule has 0 radical (unpaired) electrons. The molecule has 1 aliphatic heterocycles. The molecule has 4 rings (SSSR count). The van der Waals surface area contributed by atoms with Gasteiger partial charge in [-0.25, -0.2) is 0 Å². The van der Waals surface area contributed by atoms with E-state index in [9.17, 15) is 19.2 Å². The van der Waals surface area contributed by atoms with Gasteiger partial charge in [0, 0.05) is 19.0 Å². The lowest BCUT2D eigenvalue weighted by Gasteiger charge is -2.30. The van der Waals surface area contributed by atoms with Gasteiger partial charge in [0.1, 0.15) is 23.4 Å². The first-order valence-corrected chi connectivity index (χ1v) is 12.4. The number of rotatable bonds is 11. The van der Waals surface area contributed by atoms with Crippen molar-refractivity contribution in [1.82, 2.24) is 10.6 Å². The number of Topliss-reactive ketones (excluding diaryl/α,β-unsaturated/α-hetero) is 2. The van der Waals surface area contributed by atoms with Gasteiger partial charge < -0.3 is 20.1 Å². The van der Waals surface area contributed by atoms with Crippen molar-refractivity contribution < 1.29 is 28.7 Å². The van der Waals surface area contributed by atoms with Crippen molar-refractivity contribution in [2.75, 3.05) is 6.79 Å². The maximum atomic E-state index is 13.5. The molecule has 2 amide bonds. The number of nitrogens with one attached hydrogen (secondary N) is 2. The first-order chi connectivity index (χ1) is 18.3. The third kappa shape index (κ3) is 6.26. The Hall–Kier alpha value is -4.46. The molecule has 0 saturated heterocycles. The lowest BCUT2D eigenvalue weighted by atomic mass is 9.72. The van der Waals surface area contributed by atoms with Gasteiger partial charge >= 0.3 is 0 Å². The second-order valence-corrected chi connectivity index (χ2v) is 9.22. The maximum Gasteiger partial charge on any atom is 0.231 e. The molecule has 3 aromatic carbocycles. The van der Waals surface area contributed by atoms with Crippen LogP contribution in [0.15, 0.2) is 78.9 Å². The standard InChI is InChI=1S/C30H30N2O6/c1-19(33)26(29(35)31-16-21-9-5-3-6-10-21)28(23-13-14-24-25(15-23)38-18-37-24)27(20(2)34)30(36)32-17-22-11-7-4-8-12-22/h3-15,26-28H,16-18H2,1-2H3,(H,31,35)(H,32,36)/t26-,27+,28?. The summed E-state index contributed by atoms with van der Waals surface area (Å²) in [5.41, 5.74) is 2.16. The number of hydrogen-bond acceptors (Lipinski definition) is 6. The first-order valence-electron chi connectivity index (χ1n) is 12.4. The Morgan fingerprint density at radius 2 is 1.16 bits per heavy atom. The molecule has 3 aromatic rings. The zero-order chi connectivity index (χ0) is 27.1. The van der Waals surface area contributed by atoms with E-state index in [4.69, 9.17) is 9.47 Å². The van der Waals surface area contributed by atoms with Crippen LogP contribution in [0.5, 0.6) is 11.5 Å². The fraction of sp³-hybridized carbons (Fsp3) is 0.267. The van der Waals surface area contributed by atoms with E-state index in [-0.39, 0.29) is 19.9 Å². The first kappa shape index (κ1) is 26.6. The highest BCUT2D eigenvalue weighted by Crippen LogP contribution is 2.40. The van der Waals surface area contributed by atoms with E-state index in [0.29, 0.717) is 17.1 Å². The van der Waals surface area contributed by atoms with Crippen molar-refractivity contribution in [3.05, 3.63) is 95.6 Å². The molecule has 38 heavy (non-hydrogen) atoms. The molecule has 0 bridgehead atoms. The molecular formula is C30H30N2O6. The van der Waals surface area contributed by atoms with Crippen molar-refractivity contribution in [3.8, 4) is 11.5 Å². The molecule has 196 valence electrons. The molecule has 1 aliphatic rings. The SMILES string of the molecule is CC(=O)[C@H](C(=O)NCc1ccccc1)C(c1ccc2c(c1)OCO2)[C@@H](C(C)=O)C(=O)NCc1ccccc1. The van der Waals surface area contributed by atoms with Crippen LogP contribution >= 0.6 is 0 Å². The highest BCUT2D eigenvalue weighted by atomic mass is 16.7. The van der Waals surface area contributed by atoms with Gasteiger partial charge in [0.2, 0.25) is 18.6 Å². The summed E-state index contributed by atoms with van der Waals surface area (Å²) in [5, 5.41) is 5.63. The van der Waals surface area contributed by atoms with Crippen LogP contribution in [0.25, 0.3) is 0 Å². The fourth-order valence-corrected chi connectivity index (χ4v) is 4.69. The minimum absolute atomic E-state index is 0.0326. The quantitative estimate of drug-likeness (QED) is 0.379. The molecule has 0 saturated carbocycles. The van der Waals surface area contributed by atoms with E-state index in [1.54, 1.807) is 18.2 Å². The van der Waals surface area contributed by atoms with E-state index in [0.717, 1.165) is 11.1 Å². The molecular weight excluding hydrogens is 484 g/mol. The van der Waals surface area contributed by atoms with Crippen LogP contribution in [-0.4, -0.2) is 30.2 Å². The van der Waals surface area contributed by atoms with Crippen molar-refractivity contribution in [2.45, 2.75) is 32.9 Å². The monoisotopic (exact) mass is 514 g/mol. The van der Waals surface area contributed by atoms with Crippen molar-refractivity contribution in [1.29, 1.82) is 0 Å². The summed E-state index contributed by atoms with van der Waals surface area (Å²) in [4.78, 5) is 53.0. The molecule has 0 fully saturated rings. The molecule has 3 atom stereocenters. The zero-order valence-electron chi connectivity index (χ0n) is 21.3. The number of ketones is 2. The Balaban J connectivity index is 1.68. The second-order valence-electron chi connectivity index (χ2n) is 9.22. The van der Waals surface area contributed by atoms with Crippen LogP contribution in [0.1, 0.15) is 36.5 Å². The van der Waals surface area contributed by atoms with Crippen LogP contribution in [-0.2, 0) is 32.3 Å². The van der Waals surface area contributed by atoms with Crippen LogP contribution in [0.3, 0.4) is 0 Å². The average Bonchev–Trinajstić information content (AvgIpc) is 3.39. The molecule has 1 heterocycles. The molecule has 2 N–H and O–H groups in total. The van der Waals surface area contributed by atoms with Crippen molar-refractivity contribution in [2.24, 2.45) is 11.8 Å². The van der Waals surface area contributed by atoms with Crippen LogP contribution < -0.4 is 20.1 Å². The Labute approximate surface area is 221 Å². The summed E-state index contributed by atoms with van der Waals surface area (Å²) in [5.74, 6) is -4.77. The van der Waals surface area contributed by atoms with Crippen LogP contribution in [0.4, 0.5) is 0 Å². The fourth-order valence-electron chi connectivity index (χ4n) is 4.69. The number of ether oxygens (including phenoxy) is 2. The van der Waals surface area contributed by atoms with Gasteiger partial charge in [-0.05, 0) is 42.7 Å². The summed E-state index contributed by atoms with van der Waals surface area (Å²) in [7, 11) is 0. The van der Waals surface area contributed by atoms with Gasteiger partial charge in [-0.15, -0.1) is 0 Å². The lowest BCUT2D eigenvalue weighted by Crippen LogP contribution is -2.46. The Bertz CT molecular complexity index is 1240. The molecule has 0 aromatic heterocycles. The Morgan fingerprint density at radius 1 is 0.684 bits per heavy atom. The highest BCUT2D eigenvalue weighted by molar-refractivity contribution is 6.06. The van der Waals surface area contributed by atoms with Gasteiger partial charge in [0.05, 0.1) is 0 Å². The van der Waals surface area contributed by atoms with E-state index in [1.165, 1.54) is 13.8 Å². The third-order valence-electron chi connectivity index (χ3n) is 6.56. The van der Waals surface area contributed by atoms with Gasteiger partial charge in [0.25, 0.3) is 0 Å². The molecule has 0 aliphatic carbocycles. The summed E-state index contributed by atoms with van der Waals surface area (Å²) >= 11 is 0. The normalized spacial score (nSPS) is 14.2. The smallest absolute Gasteiger partial charge is 0.231 e. The van der Waals surface area contributed by atoms with Gasteiger partial charge in [-0.2, -0.15) is 0 Å². The van der Waals surface area contributed by atoms with Crippen molar-refractivity contribution in [3.63, 3.8) is 0 Å². The Kier molecular flexibility index (Phi) is 8.53. The number of hydrogen-bond donors (Lipinski definition) is 2. The minimum atomic E-state index is -1.30. The Morgan fingerprint density at radius 3 is 1.63 bits per heavy atom. The number of fused-ring (bicyclic) bond motifs is 1. The molecule has 0 spiro atoms. The van der Waals surface area contributed by atoms with Gasteiger partial charge in [0.15, 0.2) is 11.5 Å². The van der Waals surface area contributed by atoms with Crippen LogP contribution in [0, 0.1) is 11.8 Å². The van der Waals surface area contributed by atoms with Gasteiger partial charge in [-0.3, -0.25) is 19.2 Å². The number of benzene rings is 3. The molecule has 8 heteroatoms. The predicted octanol–water partition coefficient (Wildman–Crippen LogP) is 3.54. The summed E-state index contributed by atoms with van der Waals surface area (Å²) < 4.78 is 10.9. The molecule has 8 nitrogen and oxygen atoms in total. The summed E-state index contributed by atoms with van der Waals surface area (Å²) in [6.45, 7) is 3.02. The predicted molar refractivity (Wildman–Crippen MR) is 140 cm³/mol. The summed E-state index contributed by atoms with van der Waals surface area (Å²) in [6, 6.07) is 23.5. The van der Waals surface area contributed by atoms with E-state index >= 15 is 0 Å². The van der Waals surface area contributed by atoms with E-state index < -0.39 is 41.1 Å². The zero-order valence-corrected chi connectivity index (χ0v) is 21.3. The maximum absolute atomic E-state index is 13.5. The van der Waals surface area contributed by atoms with E-state index in [2.05, 4.69) is 10.6 Å². The van der Waals surface area contributed by atoms with Crippen molar-refractivity contribution >= 4 is 23.4 Å². The van der Waals surface area contributed by atoms with Crippen LogP contribution in [0.2, 0.25) is 0 Å². The van der Waals surface area contributed by atoms with E-state index in [1.807, 2.05) is 60.7 Å². The number of carbonyl (C=O) groups is 4. The second kappa shape index (κ2) is 12.2. The minimum Gasteiger partial charge on any atom is -0.454 e. The molecule has 1 unspecified atom stereocenters. The number of amides is 2. The summed E-state index contributed by atoms with van der Waals surface area (Å²) in [6.07, 6.45) is 0. The largest absolute Gasteiger partial charge is 0.454 e. The lowest BCUT2D eigenvalue weighted by molar-refractivity contribution is -0.138. The highest BCUT2D eigenvalue weighted by Gasteiger charge is 2.44. The number of carbonyl (C=O) groups excluding carboxylic acids is 4. The topological polar surface area (TPSA) is 111 Å².